The number of furan rings is 1. The minimum Gasteiger partial charge on any atom is -0.455 e. The zero-order chi connectivity index (χ0) is 20.6. The molecule has 0 atom stereocenters. The van der Waals surface area contributed by atoms with Crippen molar-refractivity contribution >= 4 is 21.7 Å². The smallest absolute Gasteiger partial charge is 0.257 e. The summed E-state index contributed by atoms with van der Waals surface area (Å²) < 4.78 is 15.1. The van der Waals surface area contributed by atoms with Crippen molar-refractivity contribution in [2.75, 3.05) is 0 Å². The molecule has 2 aromatic heterocycles. The predicted octanol–water partition coefficient (Wildman–Crippen LogP) is 6.84. The van der Waals surface area contributed by atoms with Gasteiger partial charge in [-0.3, -0.25) is 0 Å². The number of aryl methyl sites for hydroxylation is 3. The van der Waals surface area contributed by atoms with Crippen molar-refractivity contribution in [3.63, 3.8) is 0 Å². The quantitative estimate of drug-likeness (QED) is 0.304. The monoisotopic (exact) mass is 398 g/mol. The highest BCUT2D eigenvalue weighted by Crippen LogP contribution is 2.50. The summed E-state index contributed by atoms with van der Waals surface area (Å²) in [6.45, 7) is 6.58. The van der Waals surface area contributed by atoms with Gasteiger partial charge in [0, 0.05) is 11.8 Å². The minimum atomic E-state index is 0.762. The molecule has 0 N–H and O–H groups in total. The van der Waals surface area contributed by atoms with Gasteiger partial charge in [-0.1, -0.05) is 37.8 Å². The van der Waals surface area contributed by atoms with Crippen LogP contribution in [0.5, 0.6) is 11.5 Å². The number of aromatic nitrogens is 1. The maximum atomic E-state index is 6.62. The fraction of sp³-hybridized carbons (Fsp3) is 0.370. The van der Waals surface area contributed by atoms with Crippen LogP contribution in [0.2, 0.25) is 0 Å². The van der Waals surface area contributed by atoms with Gasteiger partial charge in [-0.25, -0.2) is 0 Å². The van der Waals surface area contributed by atoms with Crippen molar-refractivity contribution in [2.45, 2.75) is 52.9 Å². The van der Waals surface area contributed by atoms with Gasteiger partial charge < -0.3 is 9.15 Å². The Morgan fingerprint density at radius 3 is 2.63 bits per heavy atom. The lowest BCUT2D eigenvalue weighted by Gasteiger charge is -2.22. The lowest BCUT2D eigenvalue weighted by atomic mass is 9.89. The van der Waals surface area contributed by atoms with Crippen LogP contribution in [-0.2, 0) is 13.5 Å². The third-order valence-electron chi connectivity index (χ3n) is 7.21. The van der Waals surface area contributed by atoms with Gasteiger partial charge >= 0.3 is 0 Å². The van der Waals surface area contributed by atoms with E-state index in [1.807, 2.05) is 0 Å². The summed E-state index contributed by atoms with van der Waals surface area (Å²) >= 11 is 0. The topological polar surface area (TPSA) is 26.2 Å². The van der Waals surface area contributed by atoms with Gasteiger partial charge in [0.25, 0.3) is 5.69 Å². The second-order valence-corrected chi connectivity index (χ2v) is 9.42. The van der Waals surface area contributed by atoms with Gasteiger partial charge in [-0.15, -0.1) is 0 Å². The molecule has 1 fully saturated rings. The van der Waals surface area contributed by atoms with Gasteiger partial charge in [0.1, 0.15) is 18.6 Å². The van der Waals surface area contributed by atoms with Gasteiger partial charge in [0.15, 0.2) is 0 Å². The number of hydrogen-bond acceptors (Lipinski definition) is 2. The number of ether oxygens (including phenoxy) is 1. The van der Waals surface area contributed by atoms with E-state index in [0.717, 1.165) is 46.3 Å². The SMILES string of the molecule is Cc1cc2c3c(c(C)c(C)cc3c1)-c1c(c3cc(CC4CCCC4)oc3c[n+]1C)O2. The van der Waals surface area contributed by atoms with Crippen LogP contribution in [0.15, 0.2) is 34.9 Å². The maximum absolute atomic E-state index is 6.62. The molecular weight excluding hydrogens is 370 g/mol. The van der Waals surface area contributed by atoms with E-state index in [4.69, 9.17) is 9.15 Å². The Morgan fingerprint density at radius 2 is 1.83 bits per heavy atom. The molecule has 1 aliphatic heterocycles. The Kier molecular flexibility index (Phi) is 3.80. The van der Waals surface area contributed by atoms with Crippen molar-refractivity contribution in [3.05, 3.63) is 52.9 Å². The third kappa shape index (κ3) is 2.54. The Morgan fingerprint density at radius 1 is 1.03 bits per heavy atom. The molecule has 0 radical (unpaired) electrons. The summed E-state index contributed by atoms with van der Waals surface area (Å²) in [5.41, 5.74) is 7.23. The number of pyridine rings is 1. The van der Waals surface area contributed by atoms with Gasteiger partial charge in [-0.2, -0.15) is 4.57 Å². The summed E-state index contributed by atoms with van der Waals surface area (Å²) in [5.74, 6) is 3.75. The van der Waals surface area contributed by atoms with Crippen LogP contribution in [0.4, 0.5) is 0 Å². The van der Waals surface area contributed by atoms with Crippen LogP contribution < -0.4 is 9.30 Å². The minimum absolute atomic E-state index is 0.762. The molecular formula is C27H28NO2+. The van der Waals surface area contributed by atoms with Crippen molar-refractivity contribution in [1.82, 2.24) is 0 Å². The van der Waals surface area contributed by atoms with E-state index in [1.54, 1.807) is 0 Å². The first-order valence-electron chi connectivity index (χ1n) is 11.2. The fourth-order valence-corrected chi connectivity index (χ4v) is 5.63. The van der Waals surface area contributed by atoms with Crippen LogP contribution in [0.3, 0.4) is 0 Å². The van der Waals surface area contributed by atoms with Crippen LogP contribution >= 0.6 is 0 Å². The zero-order valence-electron chi connectivity index (χ0n) is 18.3. The molecule has 2 aromatic carbocycles. The number of nitrogens with zero attached hydrogens (tertiary/aromatic N) is 1. The average Bonchev–Trinajstić information content (AvgIpc) is 3.34. The summed E-state index contributed by atoms with van der Waals surface area (Å²) in [6, 6.07) is 8.95. The van der Waals surface area contributed by atoms with E-state index in [1.165, 1.54) is 58.7 Å². The molecule has 0 bridgehead atoms. The summed E-state index contributed by atoms with van der Waals surface area (Å²) in [5, 5.41) is 3.57. The van der Waals surface area contributed by atoms with Crippen molar-refractivity contribution in [2.24, 2.45) is 13.0 Å². The fourth-order valence-electron chi connectivity index (χ4n) is 5.63. The molecule has 0 saturated heterocycles. The zero-order valence-corrected chi connectivity index (χ0v) is 18.3. The molecule has 3 nitrogen and oxygen atoms in total. The molecule has 1 saturated carbocycles. The highest BCUT2D eigenvalue weighted by atomic mass is 16.5. The summed E-state index contributed by atoms with van der Waals surface area (Å²) in [4.78, 5) is 0. The molecule has 2 aliphatic rings. The molecule has 0 unspecified atom stereocenters. The van der Waals surface area contributed by atoms with Crippen molar-refractivity contribution in [3.8, 4) is 22.8 Å². The van der Waals surface area contributed by atoms with E-state index in [-0.39, 0.29) is 0 Å². The van der Waals surface area contributed by atoms with E-state index in [0.29, 0.717) is 0 Å². The first-order valence-corrected chi connectivity index (χ1v) is 11.2. The number of benzene rings is 2. The lowest BCUT2D eigenvalue weighted by molar-refractivity contribution is -0.659. The van der Waals surface area contributed by atoms with E-state index < -0.39 is 0 Å². The Balaban J connectivity index is 1.62. The molecule has 3 heteroatoms. The molecule has 152 valence electrons. The summed E-state index contributed by atoms with van der Waals surface area (Å²) in [7, 11) is 2.10. The predicted molar refractivity (Wildman–Crippen MR) is 120 cm³/mol. The van der Waals surface area contributed by atoms with E-state index in [2.05, 4.69) is 62.8 Å². The molecule has 4 aromatic rings. The molecule has 6 rings (SSSR count). The molecule has 0 amide bonds. The van der Waals surface area contributed by atoms with Crippen LogP contribution in [0.25, 0.3) is 33.0 Å². The molecule has 1 aliphatic carbocycles. The summed E-state index contributed by atoms with van der Waals surface area (Å²) in [6.07, 6.45) is 8.53. The van der Waals surface area contributed by atoms with Gasteiger partial charge in [0.2, 0.25) is 17.5 Å². The van der Waals surface area contributed by atoms with Gasteiger partial charge in [-0.05, 0) is 60.9 Å². The maximum Gasteiger partial charge on any atom is 0.257 e. The first-order chi connectivity index (χ1) is 14.5. The van der Waals surface area contributed by atoms with Crippen LogP contribution in [0.1, 0.15) is 48.1 Å². The van der Waals surface area contributed by atoms with Crippen molar-refractivity contribution < 1.29 is 13.7 Å². The number of hydrogen-bond donors (Lipinski definition) is 0. The second kappa shape index (κ2) is 6.34. The normalized spacial score (nSPS) is 15.7. The first kappa shape index (κ1) is 18.0. The standard InChI is InChI=1S/C27H28NO2/c1-15-9-19-11-16(2)17(3)24-25(19)22(10-15)30-27-21-13-20(12-18-7-5-6-8-18)29-23(21)14-28(4)26(24)27/h9-11,13-14,18H,5-8,12H2,1-4H3/q+1. The molecule has 3 heterocycles. The third-order valence-corrected chi connectivity index (χ3v) is 7.21. The van der Waals surface area contributed by atoms with Crippen molar-refractivity contribution in [1.29, 1.82) is 0 Å². The van der Waals surface area contributed by atoms with Gasteiger partial charge in [0.05, 0.1) is 10.9 Å². The highest BCUT2D eigenvalue weighted by Gasteiger charge is 2.33. The largest absolute Gasteiger partial charge is 0.455 e. The van der Waals surface area contributed by atoms with E-state index >= 15 is 0 Å². The molecule has 30 heavy (non-hydrogen) atoms. The highest BCUT2D eigenvalue weighted by molar-refractivity contribution is 6.07. The van der Waals surface area contributed by atoms with Crippen LogP contribution in [0, 0.1) is 26.7 Å². The second-order valence-electron chi connectivity index (χ2n) is 9.42. The Labute approximate surface area is 177 Å². The number of fused-ring (bicyclic) bond motifs is 4. The lowest BCUT2D eigenvalue weighted by Crippen LogP contribution is -2.32. The average molecular weight is 399 g/mol. The number of rotatable bonds is 2. The Hall–Kier alpha value is -2.81. The molecule has 0 spiro atoms. The Bertz CT molecular complexity index is 1340. The van der Waals surface area contributed by atoms with Crippen LogP contribution in [-0.4, -0.2) is 0 Å². The van der Waals surface area contributed by atoms with E-state index in [9.17, 15) is 0 Å².